The summed E-state index contributed by atoms with van der Waals surface area (Å²) in [4.78, 5) is 4.28. The fourth-order valence-electron chi connectivity index (χ4n) is 1.37. The second kappa shape index (κ2) is 3.53. The van der Waals surface area contributed by atoms with Crippen molar-refractivity contribution in [2.45, 2.75) is 26.3 Å². The maximum atomic E-state index is 8.77. The van der Waals surface area contributed by atoms with Gasteiger partial charge in [-0.1, -0.05) is 0 Å². The van der Waals surface area contributed by atoms with E-state index in [1.54, 1.807) is 18.2 Å². The molecule has 0 saturated heterocycles. The van der Waals surface area contributed by atoms with Crippen LogP contribution in [0.15, 0.2) is 22.6 Å². The molecule has 2 aromatic rings. The molecule has 0 radical (unpaired) electrons. The maximum Gasteiger partial charge on any atom is 0.296 e. The van der Waals surface area contributed by atoms with Gasteiger partial charge < -0.3 is 9.73 Å². The summed E-state index contributed by atoms with van der Waals surface area (Å²) in [5.74, 6) is 0. The van der Waals surface area contributed by atoms with Crippen LogP contribution in [-0.2, 0) is 0 Å². The van der Waals surface area contributed by atoms with Crippen LogP contribution in [-0.4, -0.2) is 10.5 Å². The SMILES string of the molecule is CC(C)(C)Nc1nc2cc(C#N)ccc2o1. The Kier molecular flexibility index (Phi) is 2.31. The normalized spacial score (nSPS) is 11.4. The smallest absolute Gasteiger partial charge is 0.296 e. The van der Waals surface area contributed by atoms with Crippen LogP contribution in [0.1, 0.15) is 26.3 Å². The molecule has 1 N–H and O–H groups in total. The van der Waals surface area contributed by atoms with E-state index in [9.17, 15) is 0 Å². The summed E-state index contributed by atoms with van der Waals surface area (Å²) in [6.45, 7) is 6.09. The van der Waals surface area contributed by atoms with Crippen molar-refractivity contribution >= 4 is 17.1 Å². The molecule has 4 heteroatoms. The first-order chi connectivity index (χ1) is 7.48. The predicted octanol–water partition coefficient (Wildman–Crippen LogP) is 2.91. The summed E-state index contributed by atoms with van der Waals surface area (Å²) in [5, 5.41) is 11.9. The fourth-order valence-corrected chi connectivity index (χ4v) is 1.37. The Balaban J connectivity index is 2.41. The molecule has 1 aromatic heterocycles. The van der Waals surface area contributed by atoms with Crippen LogP contribution in [0.2, 0.25) is 0 Å². The largest absolute Gasteiger partial charge is 0.424 e. The molecule has 0 fully saturated rings. The molecule has 1 aromatic carbocycles. The van der Waals surface area contributed by atoms with Gasteiger partial charge in [0.1, 0.15) is 5.52 Å². The zero-order valence-electron chi connectivity index (χ0n) is 9.53. The zero-order chi connectivity index (χ0) is 11.8. The Hall–Kier alpha value is -2.02. The first kappa shape index (κ1) is 10.5. The minimum absolute atomic E-state index is 0.0983. The number of aromatic nitrogens is 1. The van der Waals surface area contributed by atoms with Gasteiger partial charge in [-0.25, -0.2) is 0 Å². The van der Waals surface area contributed by atoms with E-state index in [1.165, 1.54) is 0 Å². The summed E-state index contributed by atoms with van der Waals surface area (Å²) >= 11 is 0. The highest BCUT2D eigenvalue weighted by molar-refractivity contribution is 5.76. The first-order valence-corrected chi connectivity index (χ1v) is 5.07. The second-order valence-corrected chi connectivity index (χ2v) is 4.69. The van der Waals surface area contributed by atoms with Crippen LogP contribution in [0, 0.1) is 11.3 Å². The topological polar surface area (TPSA) is 61.9 Å². The van der Waals surface area contributed by atoms with Gasteiger partial charge in [0.25, 0.3) is 6.01 Å². The standard InChI is InChI=1S/C12H13N3O/c1-12(2,3)15-11-14-9-6-8(7-13)4-5-10(9)16-11/h4-6H,1-3H3,(H,14,15). The molecule has 0 aliphatic carbocycles. The molecule has 16 heavy (non-hydrogen) atoms. The van der Waals surface area contributed by atoms with Crippen molar-refractivity contribution < 1.29 is 4.42 Å². The number of oxazole rings is 1. The third-order valence-corrected chi connectivity index (χ3v) is 2.00. The molecule has 0 aliphatic rings. The van der Waals surface area contributed by atoms with Crippen LogP contribution in [0.25, 0.3) is 11.1 Å². The summed E-state index contributed by atoms with van der Waals surface area (Å²) in [6, 6.07) is 7.75. The highest BCUT2D eigenvalue weighted by Crippen LogP contribution is 2.22. The summed E-state index contributed by atoms with van der Waals surface area (Å²) < 4.78 is 5.51. The number of benzene rings is 1. The van der Waals surface area contributed by atoms with Gasteiger partial charge in [0.2, 0.25) is 0 Å². The van der Waals surface area contributed by atoms with Crippen molar-refractivity contribution in [1.29, 1.82) is 5.26 Å². The average Bonchev–Trinajstić information content (AvgIpc) is 2.55. The number of rotatable bonds is 1. The number of fused-ring (bicyclic) bond motifs is 1. The summed E-state index contributed by atoms with van der Waals surface area (Å²) in [5.41, 5.74) is 1.87. The van der Waals surface area contributed by atoms with Crippen molar-refractivity contribution in [3.63, 3.8) is 0 Å². The lowest BCUT2D eigenvalue weighted by atomic mass is 10.1. The predicted molar refractivity (Wildman–Crippen MR) is 62.1 cm³/mol. The minimum atomic E-state index is -0.0983. The highest BCUT2D eigenvalue weighted by Gasteiger charge is 2.14. The Morgan fingerprint density at radius 2 is 2.12 bits per heavy atom. The van der Waals surface area contributed by atoms with Gasteiger partial charge in [0, 0.05) is 5.54 Å². The van der Waals surface area contributed by atoms with E-state index in [0.717, 1.165) is 0 Å². The highest BCUT2D eigenvalue weighted by atomic mass is 16.4. The van der Waals surface area contributed by atoms with Gasteiger partial charge in [-0.05, 0) is 39.0 Å². The molecule has 2 rings (SSSR count). The third-order valence-electron chi connectivity index (χ3n) is 2.00. The van der Waals surface area contributed by atoms with E-state index in [-0.39, 0.29) is 5.54 Å². The lowest BCUT2D eigenvalue weighted by molar-refractivity contribution is 0.555. The van der Waals surface area contributed by atoms with E-state index in [2.05, 4.69) is 16.4 Å². The Bertz CT molecular complexity index is 558. The van der Waals surface area contributed by atoms with E-state index < -0.39 is 0 Å². The number of nitrogens with zero attached hydrogens (tertiary/aromatic N) is 2. The number of hydrogen-bond acceptors (Lipinski definition) is 4. The minimum Gasteiger partial charge on any atom is -0.424 e. The van der Waals surface area contributed by atoms with E-state index in [0.29, 0.717) is 22.7 Å². The molecular weight excluding hydrogens is 202 g/mol. The molecule has 0 atom stereocenters. The van der Waals surface area contributed by atoms with Crippen LogP contribution >= 0.6 is 0 Å². The van der Waals surface area contributed by atoms with Crippen LogP contribution in [0.3, 0.4) is 0 Å². The Morgan fingerprint density at radius 1 is 1.38 bits per heavy atom. The monoisotopic (exact) mass is 215 g/mol. The second-order valence-electron chi connectivity index (χ2n) is 4.69. The van der Waals surface area contributed by atoms with E-state index in [4.69, 9.17) is 9.68 Å². The number of anilines is 1. The number of nitrogens with one attached hydrogen (secondary N) is 1. The summed E-state index contributed by atoms with van der Waals surface area (Å²) in [6.07, 6.45) is 0. The van der Waals surface area contributed by atoms with Gasteiger partial charge in [0.05, 0.1) is 11.6 Å². The molecule has 0 amide bonds. The lowest BCUT2D eigenvalue weighted by Gasteiger charge is -2.18. The first-order valence-electron chi connectivity index (χ1n) is 5.07. The molecule has 82 valence electrons. The maximum absolute atomic E-state index is 8.77. The van der Waals surface area contributed by atoms with Crippen molar-refractivity contribution in [1.82, 2.24) is 4.98 Å². The summed E-state index contributed by atoms with van der Waals surface area (Å²) in [7, 11) is 0. The van der Waals surface area contributed by atoms with Gasteiger partial charge >= 0.3 is 0 Å². The van der Waals surface area contributed by atoms with Gasteiger partial charge in [-0.2, -0.15) is 10.2 Å². The Morgan fingerprint density at radius 3 is 2.75 bits per heavy atom. The van der Waals surface area contributed by atoms with Gasteiger partial charge in [-0.15, -0.1) is 0 Å². The average molecular weight is 215 g/mol. The molecule has 4 nitrogen and oxygen atoms in total. The fraction of sp³-hybridized carbons (Fsp3) is 0.333. The Labute approximate surface area is 93.9 Å². The molecule has 0 aliphatic heterocycles. The number of nitriles is 1. The van der Waals surface area contributed by atoms with Crippen molar-refractivity contribution in [2.75, 3.05) is 5.32 Å². The zero-order valence-corrected chi connectivity index (χ0v) is 9.53. The molecule has 1 heterocycles. The number of hydrogen-bond donors (Lipinski definition) is 1. The molecule has 0 saturated carbocycles. The van der Waals surface area contributed by atoms with Crippen molar-refractivity contribution in [3.05, 3.63) is 23.8 Å². The van der Waals surface area contributed by atoms with Crippen LogP contribution < -0.4 is 5.32 Å². The third kappa shape index (κ3) is 2.14. The van der Waals surface area contributed by atoms with Crippen LogP contribution in [0.5, 0.6) is 0 Å². The van der Waals surface area contributed by atoms with Crippen molar-refractivity contribution in [3.8, 4) is 6.07 Å². The molecule has 0 unspecified atom stereocenters. The van der Waals surface area contributed by atoms with Gasteiger partial charge in [0.15, 0.2) is 5.58 Å². The lowest BCUT2D eigenvalue weighted by Crippen LogP contribution is -2.26. The molecule has 0 bridgehead atoms. The quantitative estimate of drug-likeness (QED) is 0.794. The van der Waals surface area contributed by atoms with Gasteiger partial charge in [-0.3, -0.25) is 0 Å². The van der Waals surface area contributed by atoms with E-state index >= 15 is 0 Å². The van der Waals surface area contributed by atoms with Crippen molar-refractivity contribution in [2.24, 2.45) is 0 Å². The molecule has 0 spiro atoms. The molecular formula is C12H13N3O. The van der Waals surface area contributed by atoms with Crippen LogP contribution in [0.4, 0.5) is 6.01 Å². The van der Waals surface area contributed by atoms with E-state index in [1.807, 2.05) is 20.8 Å².